The summed E-state index contributed by atoms with van der Waals surface area (Å²) in [5, 5.41) is 9.99. The van der Waals surface area contributed by atoms with Crippen molar-refractivity contribution in [1.82, 2.24) is 4.98 Å². The molecule has 1 aromatic carbocycles. The van der Waals surface area contributed by atoms with Crippen LogP contribution in [0.4, 0.5) is 4.39 Å². The summed E-state index contributed by atoms with van der Waals surface area (Å²) in [5.74, 6) is -1.71. The molecule has 1 aromatic heterocycles. The van der Waals surface area contributed by atoms with Crippen LogP contribution in [0.1, 0.15) is 45.2 Å². The van der Waals surface area contributed by atoms with Crippen molar-refractivity contribution in [2.75, 3.05) is 6.61 Å². The number of pyridine rings is 1. The summed E-state index contributed by atoms with van der Waals surface area (Å²) in [4.78, 5) is 29.5. The number of hydrogen-bond acceptors (Lipinski definition) is 4. The number of epoxide rings is 1. The number of Topliss-reactive ketones (excluding diaryl/α,β-unsaturated/α-hetero) is 1. The fourth-order valence-corrected chi connectivity index (χ4v) is 6.42. The van der Waals surface area contributed by atoms with E-state index in [0.717, 1.165) is 23.2 Å². The van der Waals surface area contributed by atoms with Gasteiger partial charge in [-0.25, -0.2) is 4.39 Å². The molecule has 3 fully saturated rings. The number of carboxylic acids is 1. The summed E-state index contributed by atoms with van der Waals surface area (Å²) >= 11 is 0. The van der Waals surface area contributed by atoms with E-state index in [1.165, 1.54) is 12.1 Å². The lowest BCUT2D eigenvalue weighted by atomic mass is 9.45. The van der Waals surface area contributed by atoms with Gasteiger partial charge in [-0.3, -0.25) is 14.6 Å². The standard InChI is InChI=1S/C27H28FNO4/c1-25-12-11-23(30)26(2,24(31)32)21(25)10-13-27(16-33-27)22(25)9-8-20-7-6-18(15-29-20)17-4-3-5-19(28)14-17/h3-9,14-15,21-22H,10-13,16H2,1-2H3,(H,31,32)/b9-8+/t21-,22-,25+,26-,27?/m0/s1. The first-order valence-electron chi connectivity index (χ1n) is 11.5. The van der Waals surface area contributed by atoms with Crippen molar-refractivity contribution in [2.45, 2.75) is 45.1 Å². The Morgan fingerprint density at radius 1 is 1.21 bits per heavy atom. The van der Waals surface area contributed by atoms with E-state index in [2.05, 4.69) is 18.0 Å². The zero-order valence-electron chi connectivity index (χ0n) is 18.9. The van der Waals surface area contributed by atoms with Gasteiger partial charge in [-0.05, 0) is 67.4 Å². The zero-order chi connectivity index (χ0) is 23.4. The number of aliphatic carboxylic acids is 1. The molecule has 1 aliphatic heterocycles. The van der Waals surface area contributed by atoms with Crippen LogP contribution in [0.5, 0.6) is 0 Å². The summed E-state index contributed by atoms with van der Waals surface area (Å²) in [6, 6.07) is 10.2. The minimum absolute atomic E-state index is 0.000204. The van der Waals surface area contributed by atoms with Crippen LogP contribution in [0.3, 0.4) is 0 Å². The third-order valence-electron chi connectivity index (χ3n) is 8.46. The molecule has 0 bridgehead atoms. The summed E-state index contributed by atoms with van der Waals surface area (Å²) in [6.45, 7) is 4.40. The van der Waals surface area contributed by atoms with Gasteiger partial charge < -0.3 is 9.84 Å². The van der Waals surface area contributed by atoms with E-state index in [4.69, 9.17) is 4.74 Å². The smallest absolute Gasteiger partial charge is 0.317 e. The maximum Gasteiger partial charge on any atom is 0.317 e. The van der Waals surface area contributed by atoms with E-state index in [-0.39, 0.29) is 40.9 Å². The van der Waals surface area contributed by atoms with E-state index in [9.17, 15) is 19.1 Å². The lowest BCUT2D eigenvalue weighted by Crippen LogP contribution is -2.60. The van der Waals surface area contributed by atoms with Crippen LogP contribution in [-0.2, 0) is 14.3 Å². The van der Waals surface area contributed by atoms with Crippen LogP contribution in [0.25, 0.3) is 17.2 Å². The second-order valence-corrected chi connectivity index (χ2v) is 10.2. The first-order valence-corrected chi connectivity index (χ1v) is 11.5. The lowest BCUT2D eigenvalue weighted by Gasteiger charge is -2.56. The van der Waals surface area contributed by atoms with Crippen LogP contribution in [0, 0.1) is 28.5 Å². The monoisotopic (exact) mass is 449 g/mol. The Balaban J connectivity index is 1.44. The molecule has 2 aromatic rings. The summed E-state index contributed by atoms with van der Waals surface area (Å²) in [7, 11) is 0. The molecule has 5 rings (SSSR count). The normalized spacial score (nSPS) is 35.5. The molecule has 2 saturated carbocycles. The molecular weight excluding hydrogens is 421 g/mol. The van der Waals surface area contributed by atoms with Crippen LogP contribution in [0.2, 0.25) is 0 Å². The van der Waals surface area contributed by atoms with Gasteiger partial charge in [0.25, 0.3) is 0 Å². The molecule has 1 N–H and O–H groups in total. The van der Waals surface area contributed by atoms with Gasteiger partial charge in [0.1, 0.15) is 17.0 Å². The number of aromatic nitrogens is 1. The maximum absolute atomic E-state index is 13.5. The second-order valence-electron chi connectivity index (χ2n) is 10.2. The van der Waals surface area contributed by atoms with Gasteiger partial charge in [-0.15, -0.1) is 0 Å². The number of nitrogens with zero attached hydrogens (tertiary/aromatic N) is 1. The van der Waals surface area contributed by atoms with Gasteiger partial charge >= 0.3 is 5.97 Å². The highest BCUT2D eigenvalue weighted by molar-refractivity contribution is 6.03. The number of ether oxygens (including phenoxy) is 1. The molecular formula is C27H28FNO4. The van der Waals surface area contributed by atoms with Crippen LogP contribution >= 0.6 is 0 Å². The Bertz CT molecular complexity index is 1140. The molecule has 2 aliphatic carbocycles. The first kappa shape index (κ1) is 22.0. The van der Waals surface area contributed by atoms with E-state index < -0.39 is 11.4 Å². The molecule has 2 heterocycles. The first-order chi connectivity index (χ1) is 15.7. The van der Waals surface area contributed by atoms with E-state index in [1.54, 1.807) is 19.2 Å². The molecule has 1 saturated heterocycles. The molecule has 0 amide bonds. The predicted octanol–water partition coefficient (Wildman–Crippen LogP) is 5.16. The molecule has 172 valence electrons. The van der Waals surface area contributed by atoms with Crippen molar-refractivity contribution < 1.29 is 23.8 Å². The average molecular weight is 450 g/mol. The van der Waals surface area contributed by atoms with Gasteiger partial charge in [0.2, 0.25) is 0 Å². The molecule has 0 radical (unpaired) electrons. The van der Waals surface area contributed by atoms with Gasteiger partial charge in [-0.1, -0.05) is 31.2 Å². The van der Waals surface area contributed by atoms with Crippen molar-refractivity contribution >= 4 is 17.8 Å². The Morgan fingerprint density at radius 3 is 2.64 bits per heavy atom. The largest absolute Gasteiger partial charge is 0.480 e. The number of halogens is 1. The summed E-state index contributed by atoms with van der Waals surface area (Å²) < 4.78 is 19.5. The minimum atomic E-state index is -1.36. The van der Waals surface area contributed by atoms with Gasteiger partial charge in [-0.2, -0.15) is 0 Å². The van der Waals surface area contributed by atoms with Gasteiger partial charge in [0, 0.05) is 24.1 Å². The van der Waals surface area contributed by atoms with Crippen LogP contribution in [-0.4, -0.2) is 34.1 Å². The number of ketones is 1. The quantitative estimate of drug-likeness (QED) is 0.515. The number of carbonyl (C=O) groups excluding carboxylic acids is 1. The Labute approximate surface area is 192 Å². The fourth-order valence-electron chi connectivity index (χ4n) is 6.42. The predicted molar refractivity (Wildman–Crippen MR) is 122 cm³/mol. The summed E-state index contributed by atoms with van der Waals surface area (Å²) in [5.41, 5.74) is 0.383. The van der Waals surface area contributed by atoms with E-state index >= 15 is 0 Å². The Hall–Kier alpha value is -2.86. The van der Waals surface area contributed by atoms with E-state index in [1.807, 2.05) is 24.3 Å². The zero-order valence-corrected chi connectivity index (χ0v) is 18.9. The van der Waals surface area contributed by atoms with Crippen molar-refractivity contribution in [3.05, 3.63) is 60.2 Å². The second kappa shape index (κ2) is 7.59. The van der Waals surface area contributed by atoms with Gasteiger partial charge in [0.15, 0.2) is 0 Å². The molecule has 3 aliphatic rings. The number of hydrogen-bond donors (Lipinski definition) is 1. The molecule has 5 atom stereocenters. The lowest BCUT2D eigenvalue weighted by molar-refractivity contribution is -0.174. The molecule has 5 nitrogen and oxygen atoms in total. The topological polar surface area (TPSA) is 79.8 Å². The van der Waals surface area contributed by atoms with Crippen molar-refractivity contribution in [1.29, 1.82) is 0 Å². The molecule has 1 spiro atoms. The van der Waals surface area contributed by atoms with Crippen molar-refractivity contribution in [2.24, 2.45) is 22.7 Å². The van der Waals surface area contributed by atoms with Crippen molar-refractivity contribution in [3.8, 4) is 11.1 Å². The highest BCUT2D eigenvalue weighted by Crippen LogP contribution is 2.65. The van der Waals surface area contributed by atoms with Gasteiger partial charge in [0.05, 0.1) is 17.9 Å². The number of fused-ring (bicyclic) bond motifs is 1. The third-order valence-corrected chi connectivity index (χ3v) is 8.46. The summed E-state index contributed by atoms with van der Waals surface area (Å²) in [6.07, 6.45) is 8.17. The minimum Gasteiger partial charge on any atom is -0.480 e. The number of benzene rings is 1. The SMILES string of the molecule is C[C@@]1(C(=O)O)C(=O)CC[C@@]2(C)[C@H](/C=C/c3ccc(-c4cccc(F)c4)cn3)C3(CC[C@H]12)CO3. The van der Waals surface area contributed by atoms with Crippen LogP contribution < -0.4 is 0 Å². The Morgan fingerprint density at radius 2 is 2.00 bits per heavy atom. The third kappa shape index (κ3) is 3.43. The Kier molecular flexibility index (Phi) is 5.05. The highest BCUT2D eigenvalue weighted by Gasteiger charge is 2.68. The highest BCUT2D eigenvalue weighted by atomic mass is 19.1. The number of carboxylic acid groups (broad SMARTS) is 1. The van der Waals surface area contributed by atoms with Crippen LogP contribution in [0.15, 0.2) is 48.7 Å². The molecule has 1 unspecified atom stereocenters. The fraction of sp³-hybridized carbons (Fsp3) is 0.444. The molecule has 6 heteroatoms. The van der Waals surface area contributed by atoms with E-state index in [0.29, 0.717) is 19.4 Å². The number of carbonyl (C=O) groups is 2. The average Bonchev–Trinajstić information content (AvgIpc) is 3.56. The molecule has 33 heavy (non-hydrogen) atoms. The maximum atomic E-state index is 13.5. The van der Waals surface area contributed by atoms with Crippen molar-refractivity contribution in [3.63, 3.8) is 0 Å². The number of rotatable bonds is 4.